The fourth-order valence-electron chi connectivity index (χ4n) is 1.38. The van der Waals surface area contributed by atoms with E-state index in [4.69, 9.17) is 0 Å². The molecule has 1 atom stereocenters. The summed E-state index contributed by atoms with van der Waals surface area (Å²) in [6.45, 7) is 1.42. The van der Waals surface area contributed by atoms with Gasteiger partial charge < -0.3 is 5.11 Å². The molecule has 1 N–H and O–H groups in total. The molecule has 82 valence electrons. The second kappa shape index (κ2) is 4.24. The van der Waals surface area contributed by atoms with Gasteiger partial charge in [-0.1, -0.05) is 23.4 Å². The molecule has 1 aromatic heterocycles. The van der Waals surface area contributed by atoms with E-state index in [9.17, 15) is 9.90 Å². The Morgan fingerprint density at radius 2 is 2.06 bits per heavy atom. The summed E-state index contributed by atoms with van der Waals surface area (Å²) in [5.74, 6) is -0.395. The normalized spacial score (nSPS) is 12.4. The zero-order valence-electron chi connectivity index (χ0n) is 8.74. The Balaban J connectivity index is 2.45. The number of carbonyl (C=O) groups is 1. The van der Waals surface area contributed by atoms with Gasteiger partial charge in [-0.25, -0.2) is 4.68 Å². The first-order valence-electron chi connectivity index (χ1n) is 4.88. The van der Waals surface area contributed by atoms with E-state index in [0.29, 0.717) is 0 Å². The fourth-order valence-corrected chi connectivity index (χ4v) is 1.38. The van der Waals surface area contributed by atoms with Crippen LogP contribution in [0.2, 0.25) is 0 Å². The molecule has 5 nitrogen and oxygen atoms in total. The van der Waals surface area contributed by atoms with Gasteiger partial charge in [0.2, 0.25) is 5.78 Å². The third-order valence-corrected chi connectivity index (χ3v) is 2.18. The Labute approximate surface area is 92.3 Å². The van der Waals surface area contributed by atoms with Gasteiger partial charge in [0.05, 0.1) is 11.9 Å². The van der Waals surface area contributed by atoms with Gasteiger partial charge in [-0.3, -0.25) is 4.79 Å². The van der Waals surface area contributed by atoms with Gasteiger partial charge in [0.25, 0.3) is 0 Å². The van der Waals surface area contributed by atoms with Crippen LogP contribution in [0, 0.1) is 0 Å². The summed E-state index contributed by atoms with van der Waals surface area (Å²) in [6.07, 6.45) is 0.295. The van der Waals surface area contributed by atoms with E-state index >= 15 is 0 Å². The van der Waals surface area contributed by atoms with Crippen LogP contribution in [0.3, 0.4) is 0 Å². The molecule has 1 aromatic carbocycles. The van der Waals surface area contributed by atoms with Gasteiger partial charge in [-0.15, -0.1) is 5.10 Å². The van der Waals surface area contributed by atoms with E-state index < -0.39 is 11.9 Å². The third kappa shape index (κ3) is 1.85. The highest BCUT2D eigenvalue weighted by molar-refractivity contribution is 5.97. The molecule has 0 bridgehead atoms. The lowest BCUT2D eigenvalue weighted by atomic mass is 10.2. The van der Waals surface area contributed by atoms with E-state index in [1.165, 1.54) is 17.8 Å². The second-order valence-electron chi connectivity index (χ2n) is 3.41. The summed E-state index contributed by atoms with van der Waals surface area (Å²) in [6, 6.07) is 9.18. The van der Waals surface area contributed by atoms with Crippen LogP contribution in [-0.2, 0) is 0 Å². The van der Waals surface area contributed by atoms with Crippen LogP contribution in [-0.4, -0.2) is 32.0 Å². The highest BCUT2D eigenvalue weighted by Gasteiger charge is 2.18. The van der Waals surface area contributed by atoms with Crippen LogP contribution >= 0.6 is 0 Å². The zero-order chi connectivity index (χ0) is 11.5. The second-order valence-corrected chi connectivity index (χ2v) is 3.41. The van der Waals surface area contributed by atoms with Crippen molar-refractivity contribution in [2.75, 3.05) is 0 Å². The molecule has 1 heterocycles. The van der Waals surface area contributed by atoms with Gasteiger partial charge in [0, 0.05) is 0 Å². The Bertz CT molecular complexity index is 491. The highest BCUT2D eigenvalue weighted by Crippen LogP contribution is 2.10. The standard InChI is InChI=1S/C11H11N3O2/c1-8(15)11(16)10-7-12-13-14(10)9-5-3-2-4-6-9/h2-8,15H,1H3. The van der Waals surface area contributed by atoms with Gasteiger partial charge in [-0.2, -0.15) is 0 Å². The van der Waals surface area contributed by atoms with Crippen molar-refractivity contribution in [3.05, 3.63) is 42.2 Å². The number of rotatable bonds is 3. The molecule has 2 rings (SSSR count). The number of hydrogen-bond acceptors (Lipinski definition) is 4. The number of ketones is 1. The Hall–Kier alpha value is -2.01. The predicted molar refractivity (Wildman–Crippen MR) is 57.4 cm³/mol. The minimum atomic E-state index is -1.05. The van der Waals surface area contributed by atoms with Crippen LogP contribution in [0.25, 0.3) is 5.69 Å². The van der Waals surface area contributed by atoms with Crippen molar-refractivity contribution in [3.8, 4) is 5.69 Å². The third-order valence-electron chi connectivity index (χ3n) is 2.18. The van der Waals surface area contributed by atoms with Crippen LogP contribution in [0.1, 0.15) is 17.4 Å². The van der Waals surface area contributed by atoms with Crippen LogP contribution in [0.5, 0.6) is 0 Å². The summed E-state index contributed by atoms with van der Waals surface area (Å²) in [5, 5.41) is 16.8. The van der Waals surface area contributed by atoms with Gasteiger partial charge >= 0.3 is 0 Å². The number of benzene rings is 1. The lowest BCUT2D eigenvalue weighted by Crippen LogP contribution is -2.19. The number of para-hydroxylation sites is 1. The summed E-state index contributed by atoms with van der Waals surface area (Å²) in [7, 11) is 0. The summed E-state index contributed by atoms with van der Waals surface area (Å²) >= 11 is 0. The molecule has 0 aliphatic rings. The molecule has 0 saturated heterocycles. The van der Waals surface area contributed by atoms with E-state index in [2.05, 4.69) is 10.3 Å². The molecule has 0 aliphatic carbocycles. The molecule has 0 saturated carbocycles. The molecule has 0 fully saturated rings. The number of aliphatic hydroxyl groups excluding tert-OH is 1. The maximum atomic E-state index is 11.6. The molecule has 16 heavy (non-hydrogen) atoms. The number of nitrogens with zero attached hydrogens (tertiary/aromatic N) is 3. The van der Waals surface area contributed by atoms with Crippen molar-refractivity contribution in [3.63, 3.8) is 0 Å². The topological polar surface area (TPSA) is 68.0 Å². The summed E-state index contributed by atoms with van der Waals surface area (Å²) in [4.78, 5) is 11.6. The number of aromatic nitrogens is 3. The lowest BCUT2D eigenvalue weighted by Gasteiger charge is -2.06. The predicted octanol–water partition coefficient (Wildman–Crippen LogP) is 0.831. The molecule has 2 aromatic rings. The van der Waals surface area contributed by atoms with Crippen molar-refractivity contribution < 1.29 is 9.90 Å². The van der Waals surface area contributed by atoms with E-state index in [1.54, 1.807) is 0 Å². The fraction of sp³-hybridized carbons (Fsp3) is 0.182. The highest BCUT2D eigenvalue weighted by atomic mass is 16.3. The average molecular weight is 217 g/mol. The van der Waals surface area contributed by atoms with E-state index in [1.807, 2.05) is 30.3 Å². The Morgan fingerprint density at radius 1 is 1.38 bits per heavy atom. The van der Waals surface area contributed by atoms with E-state index in [-0.39, 0.29) is 5.69 Å². The molecule has 0 radical (unpaired) electrons. The maximum absolute atomic E-state index is 11.6. The van der Waals surface area contributed by atoms with Gasteiger partial charge in [0.15, 0.2) is 0 Å². The summed E-state index contributed by atoms with van der Waals surface area (Å²) < 4.78 is 1.41. The first kappa shape index (κ1) is 10.5. The minimum Gasteiger partial charge on any atom is -0.385 e. The van der Waals surface area contributed by atoms with Crippen LogP contribution in [0.4, 0.5) is 0 Å². The number of hydrogen-bond donors (Lipinski definition) is 1. The largest absolute Gasteiger partial charge is 0.385 e. The number of aliphatic hydroxyl groups is 1. The van der Waals surface area contributed by atoms with E-state index in [0.717, 1.165) is 5.69 Å². The van der Waals surface area contributed by atoms with Crippen molar-refractivity contribution in [1.82, 2.24) is 15.0 Å². The first-order chi connectivity index (χ1) is 7.70. The average Bonchev–Trinajstić information content (AvgIpc) is 2.77. The quantitative estimate of drug-likeness (QED) is 0.773. The molecule has 5 heteroatoms. The molecule has 0 amide bonds. The van der Waals surface area contributed by atoms with Crippen LogP contribution in [0.15, 0.2) is 36.5 Å². The van der Waals surface area contributed by atoms with Crippen molar-refractivity contribution in [2.24, 2.45) is 0 Å². The lowest BCUT2D eigenvalue weighted by molar-refractivity contribution is 0.0771. The first-order valence-corrected chi connectivity index (χ1v) is 4.88. The molecule has 0 spiro atoms. The zero-order valence-corrected chi connectivity index (χ0v) is 8.74. The van der Waals surface area contributed by atoms with Crippen molar-refractivity contribution in [1.29, 1.82) is 0 Å². The minimum absolute atomic E-state index is 0.279. The van der Waals surface area contributed by atoms with Crippen LogP contribution < -0.4 is 0 Å². The van der Waals surface area contributed by atoms with Gasteiger partial charge in [0.1, 0.15) is 11.8 Å². The molecular formula is C11H11N3O2. The number of carbonyl (C=O) groups excluding carboxylic acids is 1. The molecule has 0 aliphatic heterocycles. The molecule has 1 unspecified atom stereocenters. The smallest absolute Gasteiger partial charge is 0.211 e. The Morgan fingerprint density at radius 3 is 2.69 bits per heavy atom. The number of Topliss-reactive ketones (excluding diaryl/α,β-unsaturated/α-hetero) is 1. The van der Waals surface area contributed by atoms with Crippen molar-refractivity contribution in [2.45, 2.75) is 13.0 Å². The Kier molecular flexibility index (Phi) is 2.78. The summed E-state index contributed by atoms with van der Waals surface area (Å²) in [5.41, 5.74) is 1.02. The van der Waals surface area contributed by atoms with Gasteiger partial charge in [-0.05, 0) is 19.1 Å². The SMILES string of the molecule is CC(O)C(=O)c1cnnn1-c1ccccc1. The molecular weight excluding hydrogens is 206 g/mol. The monoisotopic (exact) mass is 217 g/mol. The maximum Gasteiger partial charge on any atom is 0.211 e. The van der Waals surface area contributed by atoms with Crippen molar-refractivity contribution >= 4 is 5.78 Å².